The monoisotopic (exact) mass is 309 g/mol. The third-order valence-corrected chi connectivity index (χ3v) is 3.89. The number of nitrogens with two attached hydrogens (primary N) is 1. The van der Waals surface area contributed by atoms with Gasteiger partial charge in [0.2, 0.25) is 5.82 Å². The minimum atomic E-state index is -0.489. The largest absolute Gasteiger partial charge is 0.390 e. The van der Waals surface area contributed by atoms with Gasteiger partial charge in [0, 0.05) is 10.4 Å². The molecule has 0 aliphatic carbocycles. The van der Waals surface area contributed by atoms with Crippen LogP contribution in [-0.4, -0.2) is 10.1 Å². The van der Waals surface area contributed by atoms with E-state index in [1.165, 1.54) is 29.5 Å². The summed E-state index contributed by atoms with van der Waals surface area (Å²) in [6.07, 6.45) is 0. The van der Waals surface area contributed by atoms with Gasteiger partial charge in [0.25, 0.3) is 5.89 Å². The molecule has 0 aliphatic rings. The molecular formula is C13H9ClFN3OS. The van der Waals surface area contributed by atoms with Crippen LogP contribution in [0.1, 0.15) is 4.88 Å². The number of aryl methyl sites for hydroxylation is 1. The number of nitrogen functional groups attached to an aromatic ring is 1. The molecule has 0 unspecified atom stereocenters. The van der Waals surface area contributed by atoms with Crippen molar-refractivity contribution in [3.05, 3.63) is 40.0 Å². The average Bonchev–Trinajstić information content (AvgIpc) is 2.99. The Morgan fingerprint density at radius 2 is 2.15 bits per heavy atom. The van der Waals surface area contributed by atoms with Gasteiger partial charge in [0.15, 0.2) is 0 Å². The van der Waals surface area contributed by atoms with Crippen LogP contribution in [0, 0.1) is 12.7 Å². The number of aromatic nitrogens is 2. The summed E-state index contributed by atoms with van der Waals surface area (Å²) in [5.74, 6) is 0.185. The van der Waals surface area contributed by atoms with Crippen LogP contribution in [0.3, 0.4) is 0 Å². The van der Waals surface area contributed by atoms with Crippen molar-refractivity contribution in [2.45, 2.75) is 6.92 Å². The number of thiophene rings is 1. The molecule has 0 fully saturated rings. The highest BCUT2D eigenvalue weighted by Crippen LogP contribution is 2.33. The first-order valence-electron chi connectivity index (χ1n) is 5.70. The van der Waals surface area contributed by atoms with E-state index in [4.69, 9.17) is 21.9 Å². The van der Waals surface area contributed by atoms with Gasteiger partial charge < -0.3 is 10.3 Å². The summed E-state index contributed by atoms with van der Waals surface area (Å²) in [4.78, 5) is 5.32. The van der Waals surface area contributed by atoms with E-state index in [-0.39, 0.29) is 5.02 Å². The zero-order chi connectivity index (χ0) is 14.3. The summed E-state index contributed by atoms with van der Waals surface area (Å²) in [5, 5.41) is 4.50. The number of benzene rings is 1. The fourth-order valence-electron chi connectivity index (χ4n) is 1.78. The Bertz CT molecular complexity index is 784. The summed E-state index contributed by atoms with van der Waals surface area (Å²) < 4.78 is 18.3. The minimum absolute atomic E-state index is 0.0136. The number of halogens is 2. The van der Waals surface area contributed by atoms with Gasteiger partial charge in [-0.25, -0.2) is 4.39 Å². The molecule has 0 saturated heterocycles. The van der Waals surface area contributed by atoms with Gasteiger partial charge in [-0.05, 0) is 31.2 Å². The highest BCUT2D eigenvalue weighted by molar-refractivity contribution is 7.16. The molecule has 4 nitrogen and oxygen atoms in total. The molecule has 0 bridgehead atoms. The van der Waals surface area contributed by atoms with E-state index in [1.807, 2.05) is 13.0 Å². The highest BCUT2D eigenvalue weighted by Gasteiger charge is 2.15. The van der Waals surface area contributed by atoms with Crippen molar-refractivity contribution in [1.82, 2.24) is 10.1 Å². The van der Waals surface area contributed by atoms with Crippen LogP contribution in [-0.2, 0) is 0 Å². The first kappa shape index (κ1) is 13.1. The molecule has 20 heavy (non-hydrogen) atoms. The van der Waals surface area contributed by atoms with E-state index in [0.29, 0.717) is 27.8 Å². The lowest BCUT2D eigenvalue weighted by atomic mass is 10.2. The van der Waals surface area contributed by atoms with Crippen molar-refractivity contribution in [2.75, 3.05) is 5.73 Å². The molecule has 7 heteroatoms. The number of anilines is 1. The summed E-state index contributed by atoms with van der Waals surface area (Å²) in [6.45, 7) is 1.95. The van der Waals surface area contributed by atoms with Crippen molar-refractivity contribution < 1.29 is 8.91 Å². The molecule has 0 saturated carbocycles. The van der Waals surface area contributed by atoms with E-state index >= 15 is 0 Å². The average molecular weight is 310 g/mol. The lowest BCUT2D eigenvalue weighted by Gasteiger charge is -1.96. The molecule has 0 atom stereocenters. The van der Waals surface area contributed by atoms with Crippen molar-refractivity contribution >= 4 is 27.9 Å². The normalized spacial score (nSPS) is 10.9. The fraction of sp³-hybridized carbons (Fsp3) is 0.0769. The summed E-state index contributed by atoms with van der Waals surface area (Å²) in [5.41, 5.74) is 7.17. The number of nitrogens with zero attached hydrogens (tertiary/aromatic N) is 2. The third-order valence-electron chi connectivity index (χ3n) is 2.72. The summed E-state index contributed by atoms with van der Waals surface area (Å²) in [6, 6.07) is 6.14. The van der Waals surface area contributed by atoms with Crippen LogP contribution in [0.15, 0.2) is 28.8 Å². The Morgan fingerprint density at radius 3 is 2.80 bits per heavy atom. The number of hydrogen-bond acceptors (Lipinski definition) is 5. The van der Waals surface area contributed by atoms with E-state index in [2.05, 4.69) is 10.1 Å². The fourth-order valence-corrected chi connectivity index (χ4v) is 2.75. The van der Waals surface area contributed by atoms with Crippen LogP contribution in [0.4, 0.5) is 9.39 Å². The van der Waals surface area contributed by atoms with Crippen LogP contribution in [0.5, 0.6) is 0 Å². The second-order valence-corrected chi connectivity index (χ2v) is 5.88. The Balaban J connectivity index is 2.01. The van der Waals surface area contributed by atoms with Gasteiger partial charge in [-0.3, -0.25) is 0 Å². The molecule has 1 aromatic carbocycles. The van der Waals surface area contributed by atoms with Crippen molar-refractivity contribution in [2.24, 2.45) is 0 Å². The Kier molecular flexibility index (Phi) is 3.19. The Labute approximate surface area is 123 Å². The molecule has 2 heterocycles. The molecule has 2 N–H and O–H groups in total. The second kappa shape index (κ2) is 4.88. The van der Waals surface area contributed by atoms with Crippen LogP contribution in [0.25, 0.3) is 22.8 Å². The molecular weight excluding hydrogens is 301 g/mol. The van der Waals surface area contributed by atoms with Crippen LogP contribution < -0.4 is 5.73 Å². The molecule has 0 radical (unpaired) electrons. The molecule has 0 aliphatic heterocycles. The zero-order valence-corrected chi connectivity index (χ0v) is 11.9. The van der Waals surface area contributed by atoms with Gasteiger partial charge >= 0.3 is 0 Å². The first-order chi connectivity index (χ1) is 9.54. The van der Waals surface area contributed by atoms with Gasteiger partial charge in [-0.1, -0.05) is 16.8 Å². The van der Waals surface area contributed by atoms with Gasteiger partial charge in [0.1, 0.15) is 5.82 Å². The molecule has 2 aromatic heterocycles. The highest BCUT2D eigenvalue weighted by atomic mass is 35.5. The maximum atomic E-state index is 13.1. The molecule has 0 amide bonds. The SMILES string of the molecule is Cc1cc(-c2nc(-c3ccc(F)c(Cl)c3)no2)c(N)s1. The molecule has 102 valence electrons. The van der Waals surface area contributed by atoms with Crippen LogP contribution >= 0.6 is 22.9 Å². The van der Waals surface area contributed by atoms with Crippen molar-refractivity contribution in [3.8, 4) is 22.8 Å². The lowest BCUT2D eigenvalue weighted by Crippen LogP contribution is -1.85. The van der Waals surface area contributed by atoms with E-state index in [0.717, 1.165) is 4.88 Å². The smallest absolute Gasteiger partial charge is 0.261 e. The Hall–Kier alpha value is -1.92. The summed E-state index contributed by atoms with van der Waals surface area (Å²) in [7, 11) is 0. The van der Waals surface area contributed by atoms with Gasteiger partial charge in [0.05, 0.1) is 15.6 Å². The molecule has 3 aromatic rings. The molecule has 0 spiro atoms. The molecule has 3 rings (SSSR count). The predicted molar refractivity (Wildman–Crippen MR) is 77.2 cm³/mol. The van der Waals surface area contributed by atoms with Crippen LogP contribution in [0.2, 0.25) is 5.02 Å². The second-order valence-electron chi connectivity index (χ2n) is 4.19. The first-order valence-corrected chi connectivity index (χ1v) is 6.89. The summed E-state index contributed by atoms with van der Waals surface area (Å²) >= 11 is 7.19. The maximum Gasteiger partial charge on any atom is 0.261 e. The minimum Gasteiger partial charge on any atom is -0.390 e. The lowest BCUT2D eigenvalue weighted by molar-refractivity contribution is 0.432. The predicted octanol–water partition coefficient (Wildman–Crippen LogP) is 4.15. The third kappa shape index (κ3) is 2.28. The van der Waals surface area contributed by atoms with Gasteiger partial charge in [-0.15, -0.1) is 11.3 Å². The quantitative estimate of drug-likeness (QED) is 0.772. The number of hydrogen-bond donors (Lipinski definition) is 1. The zero-order valence-electron chi connectivity index (χ0n) is 10.4. The maximum absolute atomic E-state index is 13.1. The standard InChI is InChI=1S/C13H9ClFN3OS/c1-6-4-8(11(16)20-6)13-17-12(18-19-13)7-2-3-10(15)9(14)5-7/h2-5H,16H2,1H3. The van der Waals surface area contributed by atoms with Gasteiger partial charge in [-0.2, -0.15) is 4.98 Å². The van der Waals surface area contributed by atoms with E-state index < -0.39 is 5.82 Å². The van der Waals surface area contributed by atoms with Crippen molar-refractivity contribution in [3.63, 3.8) is 0 Å². The van der Waals surface area contributed by atoms with E-state index in [9.17, 15) is 4.39 Å². The Morgan fingerprint density at radius 1 is 1.35 bits per heavy atom. The number of rotatable bonds is 2. The van der Waals surface area contributed by atoms with E-state index in [1.54, 1.807) is 0 Å². The topological polar surface area (TPSA) is 64.9 Å². The van der Waals surface area contributed by atoms with Crippen molar-refractivity contribution in [1.29, 1.82) is 0 Å².